The lowest BCUT2D eigenvalue weighted by molar-refractivity contribution is -0.161. The quantitative estimate of drug-likeness (QED) is 0.0222. The SMILES string of the molecule is CCCCCCCCCCCCCCCCCCCCCCC(=O)OC[C@H](COP(=O)(O)OC[C@@H](O)COP(=O)(O)OC[C@@H](COC(=O)CCCCCCCCCC(C)C)OC(=O)CCCCCCCCCCCCCCCCCCC)OC(=O)CCCCCCCCCCCCCCCCCCCCCC. The maximum atomic E-state index is 13.2. The van der Waals surface area contributed by atoms with E-state index in [4.69, 9.17) is 37.0 Å². The maximum Gasteiger partial charge on any atom is 0.472 e. The number of hydrogen-bond acceptors (Lipinski definition) is 15. The van der Waals surface area contributed by atoms with Crippen molar-refractivity contribution in [1.82, 2.24) is 0 Å². The zero-order chi connectivity index (χ0) is 78.3. The molecule has 0 saturated carbocycles. The molecule has 0 aliphatic rings. The fourth-order valence-corrected chi connectivity index (χ4v) is 15.4. The molecule has 0 aromatic carbocycles. The number of ether oxygens (including phenoxy) is 4. The van der Waals surface area contributed by atoms with Gasteiger partial charge in [0.2, 0.25) is 0 Å². The fourth-order valence-electron chi connectivity index (χ4n) is 13.8. The van der Waals surface area contributed by atoms with Crippen molar-refractivity contribution in [2.75, 3.05) is 39.6 Å². The topological polar surface area (TPSA) is 237 Å². The second-order valence-corrected chi connectivity index (χ2v) is 35.0. The van der Waals surface area contributed by atoms with E-state index in [-0.39, 0.29) is 25.7 Å². The van der Waals surface area contributed by atoms with Crippen molar-refractivity contribution >= 4 is 39.5 Å². The van der Waals surface area contributed by atoms with E-state index in [0.717, 1.165) is 96.3 Å². The van der Waals surface area contributed by atoms with Crippen LogP contribution in [0.2, 0.25) is 0 Å². The van der Waals surface area contributed by atoms with Crippen LogP contribution in [0.15, 0.2) is 0 Å². The number of aliphatic hydroxyl groups excluding tert-OH is 1. The third-order valence-corrected chi connectivity index (χ3v) is 22.7. The number of hydrogen-bond donors (Lipinski definition) is 3. The van der Waals surface area contributed by atoms with Gasteiger partial charge in [-0.05, 0) is 31.6 Å². The van der Waals surface area contributed by atoms with Crippen LogP contribution in [-0.4, -0.2) is 96.7 Å². The highest BCUT2D eigenvalue weighted by Crippen LogP contribution is 2.45. The van der Waals surface area contributed by atoms with Gasteiger partial charge in [0.1, 0.15) is 19.3 Å². The van der Waals surface area contributed by atoms with Crippen molar-refractivity contribution in [2.24, 2.45) is 5.92 Å². The average molecular weight is 1560 g/mol. The predicted molar refractivity (Wildman–Crippen MR) is 442 cm³/mol. The zero-order valence-corrected chi connectivity index (χ0v) is 72.1. The van der Waals surface area contributed by atoms with Crippen LogP contribution < -0.4 is 0 Å². The molecule has 0 amide bonds. The van der Waals surface area contributed by atoms with Crippen LogP contribution in [-0.2, 0) is 65.4 Å². The standard InChI is InChI=1S/C88H172O17P2/c1-6-9-12-15-18-21-24-27-30-33-35-37-40-42-45-48-51-56-61-66-71-85(90)98-77-83(104-87(92)73-69-64-58-53-50-47-44-41-38-36-34-31-28-25-22-19-16-13-10-7-2)79-102-106(94,95)100-75-82(89)76-101-107(96,97)103-80-84(78-99-86(91)72-67-62-59-54-55-60-65-70-81(4)5)105-88(93)74-68-63-57-52-49-46-43-39-32-29-26-23-20-17-14-11-8-3/h81-84,89H,6-80H2,1-5H3,(H,94,95)(H,96,97)/t82-,83-,84-/m1/s1. The summed E-state index contributed by atoms with van der Waals surface area (Å²) < 4.78 is 68.9. The van der Waals surface area contributed by atoms with Gasteiger partial charge in [-0.15, -0.1) is 0 Å². The predicted octanol–water partition coefficient (Wildman–Crippen LogP) is 27.2. The van der Waals surface area contributed by atoms with Crippen molar-refractivity contribution < 1.29 is 80.2 Å². The summed E-state index contributed by atoms with van der Waals surface area (Å²) in [5, 5.41) is 10.7. The van der Waals surface area contributed by atoms with Gasteiger partial charge >= 0.3 is 39.5 Å². The molecular weight excluding hydrogens is 1390 g/mol. The lowest BCUT2D eigenvalue weighted by Crippen LogP contribution is -2.30. The number of phosphoric acid groups is 2. The number of carbonyl (C=O) groups is 4. The van der Waals surface area contributed by atoms with Gasteiger partial charge in [-0.1, -0.05) is 426 Å². The number of aliphatic hydroxyl groups is 1. The van der Waals surface area contributed by atoms with Crippen LogP contribution in [0.4, 0.5) is 0 Å². The van der Waals surface area contributed by atoms with Gasteiger partial charge in [-0.25, -0.2) is 9.13 Å². The van der Waals surface area contributed by atoms with Crippen molar-refractivity contribution in [1.29, 1.82) is 0 Å². The van der Waals surface area contributed by atoms with E-state index < -0.39 is 97.5 Å². The Balaban J connectivity index is 5.22. The first-order valence-electron chi connectivity index (χ1n) is 45.6. The summed E-state index contributed by atoms with van der Waals surface area (Å²) in [6.45, 7) is 7.32. The Morgan fingerprint density at radius 3 is 0.636 bits per heavy atom. The van der Waals surface area contributed by atoms with Gasteiger partial charge in [0.05, 0.1) is 26.4 Å². The van der Waals surface area contributed by atoms with E-state index in [1.54, 1.807) is 0 Å². The van der Waals surface area contributed by atoms with Gasteiger partial charge in [0, 0.05) is 25.7 Å². The molecule has 0 aliphatic carbocycles. The van der Waals surface area contributed by atoms with Crippen molar-refractivity contribution in [3.05, 3.63) is 0 Å². The molecular formula is C88H172O17P2. The van der Waals surface area contributed by atoms with E-state index in [0.29, 0.717) is 31.6 Å². The Kier molecular flexibility index (Phi) is 79.2. The molecule has 17 nitrogen and oxygen atoms in total. The molecule has 5 atom stereocenters. The Bertz CT molecular complexity index is 2030. The molecule has 0 aromatic heterocycles. The summed E-state index contributed by atoms with van der Waals surface area (Å²) in [6, 6.07) is 0. The lowest BCUT2D eigenvalue weighted by atomic mass is 10.0. The van der Waals surface area contributed by atoms with Crippen molar-refractivity contribution in [3.8, 4) is 0 Å². The van der Waals surface area contributed by atoms with E-state index in [1.165, 1.54) is 295 Å². The smallest absolute Gasteiger partial charge is 0.462 e. The summed E-state index contributed by atoms with van der Waals surface area (Å²) in [5.74, 6) is -1.39. The highest BCUT2D eigenvalue weighted by atomic mass is 31.2. The molecule has 0 aliphatic heterocycles. The van der Waals surface area contributed by atoms with Crippen LogP contribution in [0.5, 0.6) is 0 Å². The Morgan fingerprint density at radius 1 is 0.252 bits per heavy atom. The first-order chi connectivity index (χ1) is 52.0. The van der Waals surface area contributed by atoms with E-state index >= 15 is 0 Å². The Hall–Kier alpha value is -1.94. The van der Waals surface area contributed by atoms with Gasteiger partial charge in [-0.3, -0.25) is 37.3 Å². The summed E-state index contributed by atoms with van der Waals surface area (Å²) in [7, 11) is -9.93. The maximum absolute atomic E-state index is 13.2. The third-order valence-electron chi connectivity index (χ3n) is 20.8. The fraction of sp³-hybridized carbons (Fsp3) is 0.955. The van der Waals surface area contributed by atoms with Crippen molar-refractivity contribution in [3.63, 3.8) is 0 Å². The third kappa shape index (κ3) is 81.9. The minimum atomic E-state index is -4.97. The number of unbranched alkanes of at least 4 members (excludes halogenated alkanes) is 60. The van der Waals surface area contributed by atoms with Crippen LogP contribution in [0.3, 0.4) is 0 Å². The molecule has 107 heavy (non-hydrogen) atoms. The van der Waals surface area contributed by atoms with Gasteiger partial charge < -0.3 is 33.8 Å². The van der Waals surface area contributed by atoms with Crippen molar-refractivity contribution in [2.45, 2.75) is 496 Å². The minimum absolute atomic E-state index is 0.108. The minimum Gasteiger partial charge on any atom is -0.462 e. The van der Waals surface area contributed by atoms with Gasteiger partial charge in [-0.2, -0.15) is 0 Å². The van der Waals surface area contributed by atoms with Crippen LogP contribution in [0.1, 0.15) is 478 Å². The number of esters is 4. The first kappa shape index (κ1) is 105. The molecule has 2 unspecified atom stereocenters. The molecule has 0 aromatic rings. The molecule has 0 spiro atoms. The molecule has 0 saturated heterocycles. The van der Waals surface area contributed by atoms with Gasteiger partial charge in [0.15, 0.2) is 12.2 Å². The molecule has 636 valence electrons. The number of phosphoric ester groups is 2. The summed E-state index contributed by atoms with van der Waals surface area (Å²) in [6.07, 6.45) is 75.2. The number of rotatable bonds is 88. The van der Waals surface area contributed by atoms with Gasteiger partial charge in [0.25, 0.3) is 0 Å². The molecule has 0 radical (unpaired) electrons. The molecule has 0 heterocycles. The van der Waals surface area contributed by atoms with Crippen LogP contribution >= 0.6 is 15.6 Å². The normalized spacial score (nSPS) is 13.7. The van der Waals surface area contributed by atoms with Crippen LogP contribution in [0.25, 0.3) is 0 Å². The Labute approximate surface area is 658 Å². The molecule has 0 bridgehead atoms. The Morgan fingerprint density at radius 2 is 0.430 bits per heavy atom. The van der Waals surface area contributed by atoms with Crippen LogP contribution in [0, 0.1) is 5.92 Å². The second kappa shape index (κ2) is 80.7. The summed E-state index contributed by atoms with van der Waals surface area (Å²) in [4.78, 5) is 73.3. The molecule has 0 rings (SSSR count). The molecule has 0 fully saturated rings. The monoisotopic (exact) mass is 1560 g/mol. The summed E-state index contributed by atoms with van der Waals surface area (Å²) >= 11 is 0. The average Bonchev–Trinajstić information content (AvgIpc) is 0.905. The lowest BCUT2D eigenvalue weighted by Gasteiger charge is -2.21. The molecule has 19 heteroatoms. The second-order valence-electron chi connectivity index (χ2n) is 32.1. The van der Waals surface area contributed by atoms with E-state index in [9.17, 15) is 43.2 Å². The number of carbonyl (C=O) groups excluding carboxylic acids is 4. The highest BCUT2D eigenvalue weighted by Gasteiger charge is 2.30. The molecule has 3 N–H and O–H groups in total. The highest BCUT2D eigenvalue weighted by molar-refractivity contribution is 7.47. The zero-order valence-electron chi connectivity index (χ0n) is 70.3. The first-order valence-corrected chi connectivity index (χ1v) is 48.6. The van der Waals surface area contributed by atoms with E-state index in [2.05, 4.69) is 34.6 Å². The van der Waals surface area contributed by atoms with E-state index in [1.807, 2.05) is 0 Å². The summed E-state index contributed by atoms with van der Waals surface area (Å²) in [5.41, 5.74) is 0. The largest absolute Gasteiger partial charge is 0.472 e.